The molecule has 1 amide bonds. The Kier molecular flexibility index (Phi) is 3.81. The number of aromatic amines is 1. The molecule has 21 heavy (non-hydrogen) atoms. The molecule has 0 spiro atoms. The Balaban J connectivity index is 1.60. The Morgan fingerprint density at radius 2 is 1.81 bits per heavy atom. The van der Waals surface area contributed by atoms with Crippen LogP contribution in [0.2, 0.25) is 0 Å². The number of piperazine rings is 1. The molecular formula is C16H19N3O2. The molecule has 0 saturated carbocycles. The van der Waals surface area contributed by atoms with E-state index in [0.29, 0.717) is 5.69 Å². The van der Waals surface area contributed by atoms with Crippen LogP contribution in [-0.2, 0) is 0 Å². The van der Waals surface area contributed by atoms with Gasteiger partial charge in [0.1, 0.15) is 11.4 Å². The molecule has 1 aromatic carbocycles. The summed E-state index contributed by atoms with van der Waals surface area (Å²) in [4.78, 5) is 19.4. The third-order valence-corrected chi connectivity index (χ3v) is 3.83. The molecule has 0 bridgehead atoms. The van der Waals surface area contributed by atoms with Gasteiger partial charge in [0, 0.05) is 38.1 Å². The lowest BCUT2D eigenvalue weighted by atomic mass is 10.2. The Bertz CT molecular complexity index is 584. The summed E-state index contributed by atoms with van der Waals surface area (Å²) >= 11 is 0. The number of rotatable bonds is 3. The number of benzene rings is 1. The quantitative estimate of drug-likeness (QED) is 0.938. The molecule has 1 aliphatic heterocycles. The normalized spacial score (nSPS) is 15.1. The van der Waals surface area contributed by atoms with Crippen molar-refractivity contribution in [1.29, 1.82) is 0 Å². The third kappa shape index (κ3) is 2.86. The number of nitrogens with zero attached hydrogens (tertiary/aromatic N) is 2. The van der Waals surface area contributed by atoms with Crippen LogP contribution in [0.1, 0.15) is 10.5 Å². The van der Waals surface area contributed by atoms with Gasteiger partial charge in [0.25, 0.3) is 5.91 Å². The van der Waals surface area contributed by atoms with Gasteiger partial charge < -0.3 is 19.5 Å². The lowest BCUT2D eigenvalue weighted by Crippen LogP contribution is -2.48. The van der Waals surface area contributed by atoms with Gasteiger partial charge in [0.2, 0.25) is 0 Å². The number of aromatic nitrogens is 1. The van der Waals surface area contributed by atoms with Crippen molar-refractivity contribution in [1.82, 2.24) is 9.88 Å². The zero-order valence-electron chi connectivity index (χ0n) is 12.1. The van der Waals surface area contributed by atoms with Crippen molar-refractivity contribution >= 4 is 11.6 Å². The Morgan fingerprint density at radius 1 is 1.10 bits per heavy atom. The first-order chi connectivity index (χ1) is 10.3. The van der Waals surface area contributed by atoms with E-state index < -0.39 is 0 Å². The molecule has 0 atom stereocenters. The number of carbonyl (C=O) groups is 1. The van der Waals surface area contributed by atoms with Crippen molar-refractivity contribution in [2.75, 3.05) is 38.2 Å². The number of carbonyl (C=O) groups excluding carboxylic acids is 1. The van der Waals surface area contributed by atoms with Crippen LogP contribution in [0.4, 0.5) is 5.69 Å². The van der Waals surface area contributed by atoms with E-state index >= 15 is 0 Å². The number of ether oxygens (including phenoxy) is 1. The molecule has 5 nitrogen and oxygen atoms in total. The SMILES string of the molecule is COc1ccc(N2CCN(C(=O)c3ccc[nH]3)CC2)cc1. The highest BCUT2D eigenvalue weighted by molar-refractivity contribution is 5.92. The average molecular weight is 285 g/mol. The van der Waals surface area contributed by atoms with Crippen LogP contribution in [0.15, 0.2) is 42.6 Å². The summed E-state index contributed by atoms with van der Waals surface area (Å²) < 4.78 is 5.17. The Hall–Kier alpha value is -2.43. The van der Waals surface area contributed by atoms with E-state index in [4.69, 9.17) is 4.74 Å². The fourth-order valence-electron chi connectivity index (χ4n) is 2.59. The minimum absolute atomic E-state index is 0.0781. The smallest absolute Gasteiger partial charge is 0.270 e. The summed E-state index contributed by atoms with van der Waals surface area (Å²) in [6.45, 7) is 3.17. The van der Waals surface area contributed by atoms with E-state index in [-0.39, 0.29) is 5.91 Å². The molecule has 0 radical (unpaired) electrons. The fraction of sp³-hybridized carbons (Fsp3) is 0.312. The van der Waals surface area contributed by atoms with Crippen LogP contribution in [0, 0.1) is 0 Å². The van der Waals surface area contributed by atoms with E-state index in [1.165, 1.54) is 5.69 Å². The molecule has 1 aromatic heterocycles. The van der Waals surface area contributed by atoms with Gasteiger partial charge in [0.05, 0.1) is 7.11 Å². The summed E-state index contributed by atoms with van der Waals surface area (Å²) in [5.41, 5.74) is 1.83. The topological polar surface area (TPSA) is 48.6 Å². The lowest BCUT2D eigenvalue weighted by molar-refractivity contribution is 0.0741. The minimum atomic E-state index is 0.0781. The number of hydrogen-bond acceptors (Lipinski definition) is 3. The first-order valence-corrected chi connectivity index (χ1v) is 7.09. The second-order valence-electron chi connectivity index (χ2n) is 5.06. The summed E-state index contributed by atoms with van der Waals surface area (Å²) in [6.07, 6.45) is 1.78. The minimum Gasteiger partial charge on any atom is -0.497 e. The van der Waals surface area contributed by atoms with E-state index in [1.54, 1.807) is 13.3 Å². The molecule has 0 aliphatic carbocycles. The molecule has 1 fully saturated rings. The maximum Gasteiger partial charge on any atom is 0.270 e. The predicted molar refractivity (Wildman–Crippen MR) is 81.9 cm³/mol. The highest BCUT2D eigenvalue weighted by atomic mass is 16.5. The second-order valence-corrected chi connectivity index (χ2v) is 5.06. The zero-order valence-corrected chi connectivity index (χ0v) is 12.1. The molecule has 5 heteroatoms. The van der Waals surface area contributed by atoms with Crippen LogP contribution >= 0.6 is 0 Å². The molecule has 1 aliphatic rings. The standard InChI is InChI=1S/C16H19N3O2/c1-21-14-6-4-13(5-7-14)18-9-11-19(12-10-18)16(20)15-3-2-8-17-15/h2-8,17H,9-12H2,1H3. The maximum atomic E-state index is 12.2. The fourth-order valence-corrected chi connectivity index (χ4v) is 2.59. The molecular weight excluding hydrogens is 266 g/mol. The Morgan fingerprint density at radius 3 is 2.38 bits per heavy atom. The van der Waals surface area contributed by atoms with Crippen molar-refractivity contribution in [3.05, 3.63) is 48.3 Å². The highest BCUT2D eigenvalue weighted by Crippen LogP contribution is 2.20. The van der Waals surface area contributed by atoms with E-state index in [1.807, 2.05) is 29.2 Å². The molecule has 1 N–H and O–H groups in total. The molecule has 2 heterocycles. The van der Waals surface area contributed by atoms with Gasteiger partial charge >= 0.3 is 0 Å². The Labute approximate surface area is 124 Å². The number of amides is 1. The largest absolute Gasteiger partial charge is 0.497 e. The van der Waals surface area contributed by atoms with Gasteiger partial charge in [0.15, 0.2) is 0 Å². The van der Waals surface area contributed by atoms with Crippen LogP contribution in [-0.4, -0.2) is 49.1 Å². The summed E-state index contributed by atoms with van der Waals surface area (Å²) in [5, 5.41) is 0. The summed E-state index contributed by atoms with van der Waals surface area (Å²) in [7, 11) is 1.67. The van der Waals surface area contributed by atoms with Gasteiger partial charge in [-0.25, -0.2) is 0 Å². The third-order valence-electron chi connectivity index (χ3n) is 3.83. The van der Waals surface area contributed by atoms with Crippen molar-refractivity contribution in [3.8, 4) is 5.75 Å². The summed E-state index contributed by atoms with van der Waals surface area (Å²) in [6, 6.07) is 11.7. The number of anilines is 1. The first kappa shape index (κ1) is 13.5. The second kappa shape index (κ2) is 5.91. The number of hydrogen-bond donors (Lipinski definition) is 1. The van der Waals surface area contributed by atoms with Crippen molar-refractivity contribution in [2.45, 2.75) is 0 Å². The van der Waals surface area contributed by atoms with E-state index in [2.05, 4.69) is 22.0 Å². The molecule has 1 saturated heterocycles. The van der Waals surface area contributed by atoms with E-state index in [9.17, 15) is 4.79 Å². The van der Waals surface area contributed by atoms with Gasteiger partial charge in [-0.15, -0.1) is 0 Å². The first-order valence-electron chi connectivity index (χ1n) is 7.09. The zero-order chi connectivity index (χ0) is 14.7. The number of H-pyrrole nitrogens is 1. The number of nitrogens with one attached hydrogen (secondary N) is 1. The van der Waals surface area contributed by atoms with E-state index in [0.717, 1.165) is 31.9 Å². The van der Waals surface area contributed by atoms with Crippen molar-refractivity contribution < 1.29 is 9.53 Å². The van der Waals surface area contributed by atoms with Gasteiger partial charge in [-0.3, -0.25) is 4.79 Å². The van der Waals surface area contributed by atoms with Gasteiger partial charge in [-0.05, 0) is 36.4 Å². The van der Waals surface area contributed by atoms with Crippen molar-refractivity contribution in [2.24, 2.45) is 0 Å². The molecule has 110 valence electrons. The van der Waals surface area contributed by atoms with Gasteiger partial charge in [-0.2, -0.15) is 0 Å². The highest BCUT2D eigenvalue weighted by Gasteiger charge is 2.22. The van der Waals surface area contributed by atoms with Crippen LogP contribution < -0.4 is 9.64 Å². The van der Waals surface area contributed by atoms with Crippen LogP contribution in [0.25, 0.3) is 0 Å². The lowest BCUT2D eigenvalue weighted by Gasteiger charge is -2.36. The molecule has 2 aromatic rings. The van der Waals surface area contributed by atoms with Gasteiger partial charge in [-0.1, -0.05) is 0 Å². The monoisotopic (exact) mass is 285 g/mol. The molecule has 3 rings (SSSR count). The average Bonchev–Trinajstić information content (AvgIpc) is 3.09. The molecule has 0 unspecified atom stereocenters. The number of methoxy groups -OCH3 is 1. The predicted octanol–water partition coefficient (Wildman–Crippen LogP) is 1.99. The van der Waals surface area contributed by atoms with Crippen LogP contribution in [0.3, 0.4) is 0 Å². The summed E-state index contributed by atoms with van der Waals surface area (Å²) in [5.74, 6) is 0.939. The van der Waals surface area contributed by atoms with Crippen LogP contribution in [0.5, 0.6) is 5.75 Å². The van der Waals surface area contributed by atoms with Crippen molar-refractivity contribution in [3.63, 3.8) is 0 Å². The maximum absolute atomic E-state index is 12.2.